The Labute approximate surface area is 145 Å². The van der Waals surface area contributed by atoms with E-state index in [4.69, 9.17) is 4.74 Å². The second-order valence-corrected chi connectivity index (χ2v) is 5.83. The van der Waals surface area contributed by atoms with Crippen LogP contribution in [-0.4, -0.2) is 10.5 Å². The summed E-state index contributed by atoms with van der Waals surface area (Å²) >= 11 is 0. The van der Waals surface area contributed by atoms with Gasteiger partial charge in [0.25, 0.3) is 0 Å². The fourth-order valence-corrected chi connectivity index (χ4v) is 3.22. The largest absolute Gasteiger partial charge is 0.423 e. The van der Waals surface area contributed by atoms with Crippen molar-refractivity contribution in [3.63, 3.8) is 0 Å². The zero-order valence-electron chi connectivity index (χ0n) is 13.7. The lowest BCUT2D eigenvalue weighted by molar-refractivity contribution is -0.133. The van der Waals surface area contributed by atoms with Gasteiger partial charge in [0.05, 0.1) is 11.0 Å². The summed E-state index contributed by atoms with van der Waals surface area (Å²) in [4.78, 5) is 11.4. The molecule has 0 fully saturated rings. The molecule has 0 spiro atoms. The molecule has 3 heteroatoms. The molecule has 3 aromatic rings. The van der Waals surface area contributed by atoms with Crippen LogP contribution in [0, 0.1) is 0 Å². The van der Waals surface area contributed by atoms with E-state index in [1.165, 1.54) is 21.8 Å². The predicted octanol–water partition coefficient (Wildman–Crippen LogP) is 5.21. The number of para-hydroxylation sites is 2. The Morgan fingerprint density at radius 2 is 1.64 bits per heavy atom. The first-order valence-electron chi connectivity index (χ1n) is 8.18. The van der Waals surface area contributed by atoms with Gasteiger partial charge in [-0.15, -0.1) is 0 Å². The van der Waals surface area contributed by atoms with Crippen molar-refractivity contribution in [2.45, 2.75) is 6.42 Å². The van der Waals surface area contributed by atoms with Gasteiger partial charge in [-0.3, -0.25) is 0 Å². The van der Waals surface area contributed by atoms with Crippen molar-refractivity contribution in [2.24, 2.45) is 0 Å². The maximum atomic E-state index is 11.4. The van der Waals surface area contributed by atoms with Gasteiger partial charge in [0.1, 0.15) is 5.76 Å². The van der Waals surface area contributed by atoms with Crippen LogP contribution in [-0.2, 0) is 9.53 Å². The number of hydrogen-bond donors (Lipinski definition) is 0. The van der Waals surface area contributed by atoms with Crippen molar-refractivity contribution >= 4 is 33.5 Å². The second kappa shape index (κ2) is 6.29. The summed E-state index contributed by atoms with van der Waals surface area (Å²) in [5.41, 5.74) is 3.46. The van der Waals surface area contributed by atoms with E-state index in [1.807, 2.05) is 24.3 Å². The van der Waals surface area contributed by atoms with Crippen molar-refractivity contribution in [1.82, 2.24) is 4.57 Å². The van der Waals surface area contributed by atoms with Crippen molar-refractivity contribution in [2.75, 3.05) is 0 Å². The zero-order valence-corrected chi connectivity index (χ0v) is 13.7. The number of ether oxygens (including phenoxy) is 1. The Hall–Kier alpha value is -3.33. The average molecular weight is 327 g/mol. The number of hydrogen-bond acceptors (Lipinski definition) is 2. The molecule has 3 nitrogen and oxygen atoms in total. The normalized spacial score (nSPS) is 14.1. The van der Waals surface area contributed by atoms with Crippen LogP contribution in [0.25, 0.3) is 27.5 Å². The van der Waals surface area contributed by atoms with E-state index in [0.717, 1.165) is 18.2 Å². The third-order valence-corrected chi connectivity index (χ3v) is 4.30. The minimum absolute atomic E-state index is 0.454. The Morgan fingerprint density at radius 3 is 2.28 bits per heavy atom. The van der Waals surface area contributed by atoms with Crippen LogP contribution in [0.3, 0.4) is 0 Å². The lowest BCUT2D eigenvalue weighted by Gasteiger charge is -2.09. The van der Waals surface area contributed by atoms with Gasteiger partial charge in [0, 0.05) is 29.0 Å². The van der Waals surface area contributed by atoms with Crippen LogP contribution >= 0.6 is 0 Å². The molecule has 0 saturated carbocycles. The quantitative estimate of drug-likeness (QED) is 0.488. The smallest absolute Gasteiger partial charge is 0.335 e. The SMILES string of the molecule is C=CC(=O)OC1=CC=C(n2c3ccccc3c3ccccc32)CC=C1. The lowest BCUT2D eigenvalue weighted by Crippen LogP contribution is -1.97. The van der Waals surface area contributed by atoms with Gasteiger partial charge >= 0.3 is 5.97 Å². The van der Waals surface area contributed by atoms with Crippen LogP contribution in [0.1, 0.15) is 6.42 Å². The molecule has 1 aliphatic rings. The molecular weight excluding hydrogens is 310 g/mol. The standard InChI is InChI=1S/C22H17NO2/c1-2-22(24)25-17-9-7-8-16(14-15-17)23-20-12-5-3-10-18(20)19-11-4-6-13-21(19)23/h2-7,9-15H,1,8H2. The number of fused-ring (bicyclic) bond motifs is 3. The number of aromatic nitrogens is 1. The highest BCUT2D eigenvalue weighted by Gasteiger charge is 2.13. The van der Waals surface area contributed by atoms with Gasteiger partial charge < -0.3 is 9.30 Å². The van der Waals surface area contributed by atoms with Crippen LogP contribution in [0.5, 0.6) is 0 Å². The molecule has 1 aliphatic carbocycles. The summed E-state index contributed by atoms with van der Waals surface area (Å²) in [5.74, 6) is 0.0604. The first-order valence-corrected chi connectivity index (χ1v) is 8.18. The summed E-state index contributed by atoms with van der Waals surface area (Å²) in [7, 11) is 0. The molecule has 2 aromatic carbocycles. The van der Waals surface area contributed by atoms with E-state index >= 15 is 0 Å². The molecule has 0 saturated heterocycles. The molecule has 25 heavy (non-hydrogen) atoms. The van der Waals surface area contributed by atoms with Crippen molar-refractivity contribution in [3.8, 4) is 0 Å². The Kier molecular flexibility index (Phi) is 3.82. The van der Waals surface area contributed by atoms with E-state index in [9.17, 15) is 4.79 Å². The molecule has 4 rings (SSSR count). The minimum atomic E-state index is -0.454. The van der Waals surface area contributed by atoms with E-state index < -0.39 is 5.97 Å². The summed E-state index contributed by atoms with van der Waals surface area (Å²) in [6.45, 7) is 3.43. The summed E-state index contributed by atoms with van der Waals surface area (Å²) < 4.78 is 7.49. The number of carbonyl (C=O) groups is 1. The predicted molar refractivity (Wildman–Crippen MR) is 102 cm³/mol. The number of benzene rings is 2. The highest BCUT2D eigenvalue weighted by Crippen LogP contribution is 2.33. The topological polar surface area (TPSA) is 31.2 Å². The maximum absolute atomic E-state index is 11.4. The molecule has 1 aromatic heterocycles. The van der Waals surface area contributed by atoms with Crippen LogP contribution in [0.15, 0.2) is 91.2 Å². The first-order chi connectivity index (χ1) is 12.3. The van der Waals surface area contributed by atoms with Crippen molar-refractivity contribution in [3.05, 3.63) is 91.2 Å². The zero-order chi connectivity index (χ0) is 17.2. The molecule has 0 N–H and O–H groups in total. The van der Waals surface area contributed by atoms with Gasteiger partial charge in [-0.25, -0.2) is 4.79 Å². The van der Waals surface area contributed by atoms with Gasteiger partial charge in [-0.05, 0) is 30.4 Å². The number of rotatable bonds is 3. The molecular formula is C22H17NO2. The highest BCUT2D eigenvalue weighted by molar-refractivity contribution is 6.10. The Balaban J connectivity index is 1.88. The van der Waals surface area contributed by atoms with E-state index in [0.29, 0.717) is 5.76 Å². The number of carbonyl (C=O) groups excluding carboxylic acids is 1. The van der Waals surface area contributed by atoms with Gasteiger partial charge in [0.15, 0.2) is 0 Å². The number of allylic oxidation sites excluding steroid dienone is 5. The number of nitrogens with zero attached hydrogens (tertiary/aromatic N) is 1. The van der Waals surface area contributed by atoms with E-state index in [1.54, 1.807) is 0 Å². The first kappa shape index (κ1) is 15.2. The molecule has 0 radical (unpaired) electrons. The second-order valence-electron chi connectivity index (χ2n) is 5.83. The van der Waals surface area contributed by atoms with Crippen LogP contribution in [0.4, 0.5) is 0 Å². The third-order valence-electron chi connectivity index (χ3n) is 4.30. The van der Waals surface area contributed by atoms with Crippen molar-refractivity contribution < 1.29 is 9.53 Å². The highest BCUT2D eigenvalue weighted by atomic mass is 16.5. The van der Waals surface area contributed by atoms with Gasteiger partial charge in [-0.2, -0.15) is 0 Å². The van der Waals surface area contributed by atoms with Crippen LogP contribution in [0.2, 0.25) is 0 Å². The van der Waals surface area contributed by atoms with Crippen LogP contribution < -0.4 is 0 Å². The third kappa shape index (κ3) is 2.70. The molecule has 0 aliphatic heterocycles. The van der Waals surface area contributed by atoms with E-state index in [2.05, 4.69) is 59.7 Å². The fraction of sp³-hybridized carbons (Fsp3) is 0.0455. The Morgan fingerprint density at radius 1 is 1.00 bits per heavy atom. The molecule has 0 bridgehead atoms. The molecule has 122 valence electrons. The molecule has 0 unspecified atom stereocenters. The maximum Gasteiger partial charge on any atom is 0.335 e. The monoisotopic (exact) mass is 327 g/mol. The number of esters is 1. The minimum Gasteiger partial charge on any atom is -0.423 e. The molecule has 1 heterocycles. The fourth-order valence-electron chi connectivity index (χ4n) is 3.22. The van der Waals surface area contributed by atoms with Gasteiger partial charge in [-0.1, -0.05) is 49.1 Å². The summed E-state index contributed by atoms with van der Waals surface area (Å²) in [6, 6.07) is 16.8. The summed E-state index contributed by atoms with van der Waals surface area (Å²) in [5, 5.41) is 2.46. The lowest BCUT2D eigenvalue weighted by atomic mass is 10.2. The van der Waals surface area contributed by atoms with Gasteiger partial charge in [0.2, 0.25) is 0 Å². The molecule has 0 amide bonds. The Bertz CT molecular complexity index is 1030. The van der Waals surface area contributed by atoms with E-state index in [-0.39, 0.29) is 0 Å². The molecule has 0 atom stereocenters. The summed E-state index contributed by atoms with van der Waals surface area (Å²) in [6.07, 6.45) is 9.56. The van der Waals surface area contributed by atoms with Crippen molar-refractivity contribution in [1.29, 1.82) is 0 Å². The average Bonchev–Trinajstić information content (AvgIpc) is 2.81.